The predicted molar refractivity (Wildman–Crippen MR) is 68.2 cm³/mol. The van der Waals surface area contributed by atoms with Gasteiger partial charge in [-0.15, -0.1) is 0 Å². The Morgan fingerprint density at radius 3 is 2.18 bits per heavy atom. The average molecular weight is 238 g/mol. The van der Waals surface area contributed by atoms with Crippen molar-refractivity contribution in [2.24, 2.45) is 0 Å². The van der Waals surface area contributed by atoms with Crippen molar-refractivity contribution < 1.29 is 14.6 Å². The van der Waals surface area contributed by atoms with Crippen LogP contribution >= 0.6 is 0 Å². The molecule has 0 aromatic heterocycles. The van der Waals surface area contributed by atoms with Crippen LogP contribution in [0.2, 0.25) is 0 Å². The SMILES string of the molecule is COCC(OC)c1ccc(C(C)(C)CO)cc1. The molecular weight excluding hydrogens is 216 g/mol. The lowest BCUT2D eigenvalue weighted by atomic mass is 9.85. The Hall–Kier alpha value is -0.900. The Morgan fingerprint density at radius 2 is 1.76 bits per heavy atom. The lowest BCUT2D eigenvalue weighted by Gasteiger charge is -2.23. The maximum atomic E-state index is 9.31. The molecule has 0 heterocycles. The van der Waals surface area contributed by atoms with Crippen molar-refractivity contribution >= 4 is 0 Å². The first kappa shape index (κ1) is 14.2. The molecule has 1 atom stereocenters. The minimum absolute atomic E-state index is 0.0358. The molecule has 1 N–H and O–H groups in total. The second-order valence-electron chi connectivity index (χ2n) is 4.84. The fraction of sp³-hybridized carbons (Fsp3) is 0.571. The molecule has 3 heteroatoms. The van der Waals surface area contributed by atoms with Gasteiger partial charge < -0.3 is 14.6 Å². The zero-order chi connectivity index (χ0) is 12.9. The molecule has 0 spiro atoms. The summed E-state index contributed by atoms with van der Waals surface area (Å²) in [7, 11) is 3.34. The highest BCUT2D eigenvalue weighted by molar-refractivity contribution is 5.29. The van der Waals surface area contributed by atoms with Gasteiger partial charge in [-0.1, -0.05) is 38.1 Å². The quantitative estimate of drug-likeness (QED) is 0.826. The maximum absolute atomic E-state index is 9.31. The van der Waals surface area contributed by atoms with E-state index in [1.807, 2.05) is 38.1 Å². The highest BCUT2D eigenvalue weighted by atomic mass is 16.5. The van der Waals surface area contributed by atoms with E-state index >= 15 is 0 Å². The van der Waals surface area contributed by atoms with Gasteiger partial charge in [-0.05, 0) is 11.1 Å². The number of aliphatic hydroxyl groups is 1. The molecule has 1 unspecified atom stereocenters. The molecule has 0 fully saturated rings. The van der Waals surface area contributed by atoms with E-state index in [1.165, 1.54) is 0 Å². The van der Waals surface area contributed by atoms with Crippen LogP contribution < -0.4 is 0 Å². The Morgan fingerprint density at radius 1 is 1.18 bits per heavy atom. The van der Waals surface area contributed by atoms with Crippen molar-refractivity contribution in [3.63, 3.8) is 0 Å². The van der Waals surface area contributed by atoms with Crippen LogP contribution in [0.1, 0.15) is 31.1 Å². The van der Waals surface area contributed by atoms with Crippen LogP contribution in [-0.2, 0) is 14.9 Å². The van der Waals surface area contributed by atoms with Gasteiger partial charge in [-0.3, -0.25) is 0 Å². The third-order valence-corrected chi connectivity index (χ3v) is 3.06. The van der Waals surface area contributed by atoms with Crippen molar-refractivity contribution in [3.05, 3.63) is 35.4 Å². The average Bonchev–Trinajstić information content (AvgIpc) is 2.36. The normalized spacial score (nSPS) is 13.7. The van der Waals surface area contributed by atoms with Gasteiger partial charge in [0.2, 0.25) is 0 Å². The van der Waals surface area contributed by atoms with Crippen LogP contribution in [0.5, 0.6) is 0 Å². The molecule has 1 rings (SSSR count). The number of benzene rings is 1. The van der Waals surface area contributed by atoms with Crippen molar-refractivity contribution in [1.29, 1.82) is 0 Å². The summed E-state index contributed by atoms with van der Waals surface area (Å²) in [6.07, 6.45) is -0.0358. The zero-order valence-corrected chi connectivity index (χ0v) is 11.1. The second kappa shape index (κ2) is 6.15. The van der Waals surface area contributed by atoms with Gasteiger partial charge >= 0.3 is 0 Å². The second-order valence-corrected chi connectivity index (χ2v) is 4.84. The van der Waals surface area contributed by atoms with Crippen molar-refractivity contribution in [1.82, 2.24) is 0 Å². The molecule has 0 aliphatic heterocycles. The smallest absolute Gasteiger partial charge is 0.105 e. The van der Waals surface area contributed by atoms with Crippen LogP contribution in [0, 0.1) is 0 Å². The Bertz CT molecular complexity index is 330. The van der Waals surface area contributed by atoms with Gasteiger partial charge in [0.15, 0.2) is 0 Å². The van der Waals surface area contributed by atoms with Crippen molar-refractivity contribution in [3.8, 4) is 0 Å². The summed E-state index contributed by atoms with van der Waals surface area (Å²) in [4.78, 5) is 0. The summed E-state index contributed by atoms with van der Waals surface area (Å²) in [5.74, 6) is 0. The molecule has 0 saturated carbocycles. The Labute approximate surface area is 103 Å². The summed E-state index contributed by atoms with van der Waals surface area (Å²) in [6.45, 7) is 4.72. The van der Waals surface area contributed by atoms with Crippen LogP contribution in [0.15, 0.2) is 24.3 Å². The lowest BCUT2D eigenvalue weighted by molar-refractivity contribution is 0.0274. The molecule has 0 amide bonds. The van der Waals surface area contributed by atoms with Gasteiger partial charge in [-0.2, -0.15) is 0 Å². The van der Waals surface area contributed by atoms with Gasteiger partial charge in [0.25, 0.3) is 0 Å². The number of hydrogen-bond acceptors (Lipinski definition) is 3. The van der Waals surface area contributed by atoms with E-state index in [2.05, 4.69) is 0 Å². The van der Waals surface area contributed by atoms with E-state index in [4.69, 9.17) is 9.47 Å². The molecule has 96 valence electrons. The van der Waals surface area contributed by atoms with Crippen LogP contribution in [-0.4, -0.2) is 32.5 Å². The lowest BCUT2D eigenvalue weighted by Crippen LogP contribution is -2.22. The van der Waals surface area contributed by atoms with E-state index in [-0.39, 0.29) is 18.1 Å². The zero-order valence-electron chi connectivity index (χ0n) is 11.1. The number of ether oxygens (including phenoxy) is 2. The molecule has 3 nitrogen and oxygen atoms in total. The fourth-order valence-electron chi connectivity index (χ4n) is 1.69. The number of hydrogen-bond donors (Lipinski definition) is 1. The maximum Gasteiger partial charge on any atom is 0.105 e. The summed E-state index contributed by atoms with van der Waals surface area (Å²) in [5.41, 5.74) is 2.00. The summed E-state index contributed by atoms with van der Waals surface area (Å²) in [5, 5.41) is 9.31. The third-order valence-electron chi connectivity index (χ3n) is 3.06. The number of aliphatic hydroxyl groups excluding tert-OH is 1. The van der Waals surface area contributed by atoms with Crippen LogP contribution in [0.3, 0.4) is 0 Å². The molecule has 0 radical (unpaired) electrons. The first-order valence-corrected chi connectivity index (χ1v) is 5.78. The monoisotopic (exact) mass is 238 g/mol. The molecule has 0 aliphatic carbocycles. The van der Waals surface area contributed by atoms with Gasteiger partial charge in [-0.25, -0.2) is 0 Å². The van der Waals surface area contributed by atoms with Crippen molar-refractivity contribution in [2.45, 2.75) is 25.4 Å². The molecule has 17 heavy (non-hydrogen) atoms. The van der Waals surface area contributed by atoms with Crippen LogP contribution in [0.4, 0.5) is 0 Å². The minimum atomic E-state index is -0.206. The molecule has 0 aliphatic rings. The largest absolute Gasteiger partial charge is 0.395 e. The molecule has 0 bridgehead atoms. The third kappa shape index (κ3) is 3.53. The number of methoxy groups -OCH3 is 2. The first-order valence-electron chi connectivity index (χ1n) is 5.78. The predicted octanol–water partition coefficient (Wildman–Crippen LogP) is 2.29. The van der Waals surface area contributed by atoms with Gasteiger partial charge in [0.05, 0.1) is 13.2 Å². The van der Waals surface area contributed by atoms with E-state index in [1.54, 1.807) is 14.2 Å². The summed E-state index contributed by atoms with van der Waals surface area (Å²) >= 11 is 0. The highest BCUT2D eigenvalue weighted by Gasteiger charge is 2.19. The Kier molecular flexibility index (Phi) is 5.12. The van der Waals surface area contributed by atoms with E-state index in [0.29, 0.717) is 6.61 Å². The van der Waals surface area contributed by atoms with Crippen molar-refractivity contribution in [2.75, 3.05) is 27.4 Å². The first-order chi connectivity index (χ1) is 8.05. The van der Waals surface area contributed by atoms with E-state index in [0.717, 1.165) is 11.1 Å². The topological polar surface area (TPSA) is 38.7 Å². The summed E-state index contributed by atoms with van der Waals surface area (Å²) < 4.78 is 10.5. The fourth-order valence-corrected chi connectivity index (χ4v) is 1.69. The van der Waals surface area contributed by atoms with Crippen LogP contribution in [0.25, 0.3) is 0 Å². The van der Waals surface area contributed by atoms with E-state index in [9.17, 15) is 5.11 Å². The Balaban J connectivity index is 2.87. The summed E-state index contributed by atoms with van der Waals surface area (Å²) in [6, 6.07) is 8.13. The minimum Gasteiger partial charge on any atom is -0.395 e. The molecular formula is C14H22O3. The molecule has 1 aromatic rings. The standard InChI is InChI=1S/C14H22O3/c1-14(2,10-15)12-7-5-11(6-8-12)13(17-4)9-16-3/h5-8,13,15H,9-10H2,1-4H3. The van der Waals surface area contributed by atoms with Gasteiger partial charge in [0, 0.05) is 19.6 Å². The van der Waals surface area contributed by atoms with Gasteiger partial charge in [0.1, 0.15) is 6.10 Å². The van der Waals surface area contributed by atoms with E-state index < -0.39 is 0 Å². The molecule has 1 aromatic carbocycles. The molecule has 0 saturated heterocycles. The number of rotatable bonds is 6. The highest BCUT2D eigenvalue weighted by Crippen LogP contribution is 2.25.